The second kappa shape index (κ2) is 11.2. The number of aryl methyl sites for hydroxylation is 3. The first-order valence-corrected chi connectivity index (χ1v) is 12.4. The monoisotopic (exact) mass is 467 g/mol. The molecule has 3 N–H and O–H groups in total. The van der Waals surface area contributed by atoms with Gasteiger partial charge in [-0.15, -0.1) is 0 Å². The van der Waals surface area contributed by atoms with Gasteiger partial charge in [-0.1, -0.05) is 6.07 Å². The van der Waals surface area contributed by atoms with Crippen molar-refractivity contribution < 1.29 is 10.2 Å². The number of aliphatic hydroxyl groups is 1. The number of fused-ring (bicyclic) bond motifs is 1. The second-order valence-corrected chi connectivity index (χ2v) is 9.39. The topological polar surface area (TPSA) is 95.6 Å². The molecule has 3 heterocycles. The molecule has 0 radical (unpaired) electrons. The van der Waals surface area contributed by atoms with Crippen molar-refractivity contribution in [3.8, 4) is 5.75 Å². The molecule has 2 aromatic heterocycles. The van der Waals surface area contributed by atoms with Gasteiger partial charge in [-0.05, 0) is 57.9 Å². The van der Waals surface area contributed by atoms with Gasteiger partial charge in [0, 0.05) is 63.0 Å². The van der Waals surface area contributed by atoms with Crippen LogP contribution in [0.15, 0.2) is 41.3 Å². The molecule has 3 aromatic rings. The molecular formula is C26H37N5O3. The predicted molar refractivity (Wildman–Crippen MR) is 134 cm³/mol. The van der Waals surface area contributed by atoms with E-state index in [9.17, 15) is 15.0 Å². The van der Waals surface area contributed by atoms with Crippen LogP contribution in [0.5, 0.6) is 5.75 Å². The van der Waals surface area contributed by atoms with Crippen LogP contribution in [0.2, 0.25) is 0 Å². The van der Waals surface area contributed by atoms with Crippen LogP contribution in [0.4, 0.5) is 0 Å². The minimum Gasteiger partial charge on any atom is -0.508 e. The van der Waals surface area contributed by atoms with Crippen molar-refractivity contribution >= 4 is 11.0 Å². The Kier molecular flexibility index (Phi) is 8.03. The Hall–Kier alpha value is -2.68. The summed E-state index contributed by atoms with van der Waals surface area (Å²) in [5.74, 6) is 1.22. The molecule has 1 aliphatic rings. The van der Waals surface area contributed by atoms with Crippen molar-refractivity contribution in [1.29, 1.82) is 0 Å². The molecule has 1 atom stereocenters. The second-order valence-electron chi connectivity index (χ2n) is 9.39. The number of phenolic OH excluding ortho intramolecular Hbond substituents is 1. The zero-order valence-corrected chi connectivity index (χ0v) is 20.3. The summed E-state index contributed by atoms with van der Waals surface area (Å²) in [6, 6.07) is 9.28. The number of hydrogen-bond acceptors (Lipinski definition) is 6. The predicted octanol–water partition coefficient (Wildman–Crippen LogP) is 2.14. The van der Waals surface area contributed by atoms with Crippen LogP contribution in [-0.4, -0.2) is 68.1 Å². The van der Waals surface area contributed by atoms with E-state index >= 15 is 0 Å². The Morgan fingerprint density at radius 3 is 2.65 bits per heavy atom. The van der Waals surface area contributed by atoms with Gasteiger partial charge in [-0.2, -0.15) is 0 Å². The maximum Gasteiger partial charge on any atom is 0.250 e. The van der Waals surface area contributed by atoms with E-state index in [-0.39, 0.29) is 17.4 Å². The number of nitrogens with one attached hydrogen (secondary N) is 1. The molecule has 184 valence electrons. The number of likely N-dealkylation sites (tertiary alicyclic amines) is 1. The number of rotatable bonds is 10. The summed E-state index contributed by atoms with van der Waals surface area (Å²) >= 11 is 0. The fraction of sp³-hybridized carbons (Fsp3) is 0.538. The molecule has 0 saturated carbocycles. The van der Waals surface area contributed by atoms with Crippen molar-refractivity contribution in [2.45, 2.75) is 64.3 Å². The highest BCUT2D eigenvalue weighted by Crippen LogP contribution is 2.29. The van der Waals surface area contributed by atoms with E-state index in [1.165, 1.54) is 0 Å². The van der Waals surface area contributed by atoms with Gasteiger partial charge in [-0.25, -0.2) is 4.98 Å². The molecular weight excluding hydrogens is 430 g/mol. The molecule has 1 unspecified atom stereocenters. The number of aromatic nitrogens is 3. The first-order chi connectivity index (χ1) is 16.5. The maximum atomic E-state index is 12.2. The van der Waals surface area contributed by atoms with Gasteiger partial charge in [0.25, 0.3) is 5.56 Å². The third-order valence-electron chi connectivity index (χ3n) is 7.07. The average Bonchev–Trinajstić information content (AvgIpc) is 3.19. The molecule has 1 aromatic carbocycles. The lowest BCUT2D eigenvalue weighted by Gasteiger charge is -2.29. The summed E-state index contributed by atoms with van der Waals surface area (Å²) in [5.41, 5.74) is 2.75. The number of hydrogen-bond donors (Lipinski definition) is 3. The van der Waals surface area contributed by atoms with Crippen LogP contribution in [0, 0.1) is 0 Å². The molecule has 8 heteroatoms. The van der Waals surface area contributed by atoms with Crippen LogP contribution in [-0.2, 0) is 25.9 Å². The van der Waals surface area contributed by atoms with Crippen molar-refractivity contribution in [2.24, 2.45) is 0 Å². The molecule has 34 heavy (non-hydrogen) atoms. The van der Waals surface area contributed by atoms with E-state index in [0.717, 1.165) is 74.3 Å². The lowest BCUT2D eigenvalue weighted by Crippen LogP contribution is -2.37. The smallest absolute Gasteiger partial charge is 0.250 e. The third kappa shape index (κ3) is 5.68. The van der Waals surface area contributed by atoms with Gasteiger partial charge in [0.15, 0.2) is 0 Å². The number of pyridine rings is 1. The van der Waals surface area contributed by atoms with Crippen LogP contribution < -0.4 is 10.9 Å². The molecule has 0 amide bonds. The minimum absolute atomic E-state index is 0.0172. The summed E-state index contributed by atoms with van der Waals surface area (Å²) in [6.07, 6.45) is 5.53. The maximum absolute atomic E-state index is 12.2. The lowest BCUT2D eigenvalue weighted by atomic mass is 10.0. The van der Waals surface area contributed by atoms with Gasteiger partial charge in [0.1, 0.15) is 11.6 Å². The lowest BCUT2D eigenvalue weighted by molar-refractivity contribution is 0.0810. The van der Waals surface area contributed by atoms with E-state index in [4.69, 9.17) is 4.98 Å². The summed E-state index contributed by atoms with van der Waals surface area (Å²) < 4.78 is 3.96. The number of imidazole rings is 1. The highest BCUT2D eigenvalue weighted by molar-refractivity contribution is 5.82. The Morgan fingerprint density at radius 2 is 1.91 bits per heavy atom. The van der Waals surface area contributed by atoms with Gasteiger partial charge < -0.3 is 29.6 Å². The molecule has 0 spiro atoms. The van der Waals surface area contributed by atoms with Gasteiger partial charge in [0.05, 0.1) is 17.1 Å². The summed E-state index contributed by atoms with van der Waals surface area (Å²) in [7, 11) is 1.95. The van der Waals surface area contributed by atoms with Gasteiger partial charge >= 0.3 is 0 Å². The van der Waals surface area contributed by atoms with Crippen molar-refractivity contribution in [3.63, 3.8) is 0 Å². The van der Waals surface area contributed by atoms with E-state index < -0.39 is 0 Å². The summed E-state index contributed by atoms with van der Waals surface area (Å²) in [6.45, 7) is 6.14. The molecule has 1 fully saturated rings. The summed E-state index contributed by atoms with van der Waals surface area (Å²) in [4.78, 5) is 19.6. The normalized spacial score (nSPS) is 16.3. The average molecular weight is 468 g/mol. The SMILES string of the molecule is CNC(C)CCc1c(O)ccc2c1nc(CCn1ccccc1=O)n2CCN1CCC(O)CC1. The van der Waals surface area contributed by atoms with Gasteiger partial charge in [0.2, 0.25) is 0 Å². The van der Waals surface area contributed by atoms with Crippen molar-refractivity contribution in [3.05, 3.63) is 58.3 Å². The van der Waals surface area contributed by atoms with E-state index in [1.54, 1.807) is 22.8 Å². The Morgan fingerprint density at radius 1 is 1.12 bits per heavy atom. The molecule has 0 aliphatic carbocycles. The largest absolute Gasteiger partial charge is 0.508 e. The molecule has 8 nitrogen and oxygen atoms in total. The van der Waals surface area contributed by atoms with Crippen LogP contribution in [0.3, 0.4) is 0 Å². The summed E-state index contributed by atoms with van der Waals surface area (Å²) in [5, 5.41) is 23.7. The molecule has 1 saturated heterocycles. The number of phenols is 1. The zero-order chi connectivity index (χ0) is 24.1. The number of nitrogens with zero attached hydrogens (tertiary/aromatic N) is 4. The first-order valence-electron chi connectivity index (χ1n) is 12.4. The fourth-order valence-corrected chi connectivity index (χ4v) is 4.73. The highest BCUT2D eigenvalue weighted by Gasteiger charge is 2.20. The zero-order valence-electron chi connectivity index (χ0n) is 20.3. The molecule has 4 rings (SSSR count). The fourth-order valence-electron chi connectivity index (χ4n) is 4.73. The van der Waals surface area contributed by atoms with Crippen LogP contribution in [0.1, 0.15) is 37.6 Å². The molecule has 1 aliphatic heterocycles. The van der Waals surface area contributed by atoms with Crippen LogP contribution >= 0.6 is 0 Å². The van der Waals surface area contributed by atoms with Crippen molar-refractivity contribution in [2.75, 3.05) is 26.7 Å². The Labute approximate surface area is 200 Å². The Balaban J connectivity index is 1.63. The van der Waals surface area contributed by atoms with Crippen molar-refractivity contribution in [1.82, 2.24) is 24.3 Å². The van der Waals surface area contributed by atoms with E-state index in [1.807, 2.05) is 25.4 Å². The molecule has 0 bridgehead atoms. The quantitative estimate of drug-likeness (QED) is 0.423. The number of piperidine rings is 1. The first kappa shape index (κ1) is 24.4. The standard InChI is InChI=1S/C26H37N5O3/c1-19(27-2)6-7-21-23(33)9-8-22-26(21)28-24(12-16-30-13-4-3-5-25(30)34)31(22)18-17-29-14-10-20(32)11-15-29/h3-5,8-9,13,19-20,27,32-33H,6-7,10-12,14-18H2,1-2H3. The third-order valence-corrected chi connectivity index (χ3v) is 7.07. The number of aromatic hydroxyl groups is 1. The highest BCUT2D eigenvalue weighted by atomic mass is 16.3. The van der Waals surface area contributed by atoms with E-state index in [0.29, 0.717) is 19.0 Å². The van der Waals surface area contributed by atoms with Gasteiger partial charge in [-0.3, -0.25) is 4.79 Å². The number of aliphatic hydroxyl groups excluding tert-OH is 1. The number of benzene rings is 1. The minimum atomic E-state index is -0.185. The van der Waals surface area contributed by atoms with Crippen LogP contribution in [0.25, 0.3) is 11.0 Å². The Bertz CT molecular complexity index is 1150. The van der Waals surface area contributed by atoms with E-state index in [2.05, 4.69) is 21.7 Å².